The van der Waals surface area contributed by atoms with Crippen molar-refractivity contribution in [1.82, 2.24) is 0 Å². The van der Waals surface area contributed by atoms with E-state index in [0.717, 1.165) is 11.2 Å². The molecule has 0 fully saturated rings. The lowest BCUT2D eigenvalue weighted by molar-refractivity contribution is 0.676. The van der Waals surface area contributed by atoms with E-state index in [2.05, 4.69) is 42.8 Å². The van der Waals surface area contributed by atoms with Crippen LogP contribution in [0.15, 0.2) is 11.6 Å². The maximum Gasteiger partial charge on any atom is 0.00599 e. The number of hydrogen-bond donors (Lipinski definition) is 0. The van der Waals surface area contributed by atoms with Gasteiger partial charge < -0.3 is 0 Å². The van der Waals surface area contributed by atoms with Crippen molar-refractivity contribution in [2.45, 2.75) is 33.6 Å². The maximum atomic E-state index is 3.46. The summed E-state index contributed by atoms with van der Waals surface area (Å²) >= 11 is 3.46. The Kier molecular flexibility index (Phi) is 6.10. The maximum absolute atomic E-state index is 3.46. The molecule has 1 atom stereocenters. The SMILES string of the molecule is CC/C(C)=C/CC(C)CBr. The standard InChI is InChI=1S/C9H17Br/c1-4-8(2)5-6-9(3)7-10/h5,9H,4,6-7H2,1-3H3/b8-5+. The molecule has 1 heteroatoms. The molecule has 0 saturated heterocycles. The minimum atomic E-state index is 0.779. The minimum absolute atomic E-state index is 0.779. The fourth-order valence-corrected chi connectivity index (χ4v) is 0.874. The van der Waals surface area contributed by atoms with Crippen LogP contribution in [0.5, 0.6) is 0 Å². The highest BCUT2D eigenvalue weighted by atomic mass is 79.9. The highest BCUT2D eigenvalue weighted by Gasteiger charge is 1.95. The summed E-state index contributed by atoms with van der Waals surface area (Å²) in [6.07, 6.45) is 4.74. The van der Waals surface area contributed by atoms with Gasteiger partial charge in [0.1, 0.15) is 0 Å². The fourth-order valence-electron chi connectivity index (χ4n) is 0.610. The summed E-state index contributed by atoms with van der Waals surface area (Å²) in [6.45, 7) is 6.65. The third-order valence-corrected chi connectivity index (χ3v) is 2.80. The van der Waals surface area contributed by atoms with E-state index in [-0.39, 0.29) is 0 Å². The van der Waals surface area contributed by atoms with Gasteiger partial charge in [-0.3, -0.25) is 0 Å². The Balaban J connectivity index is 3.50. The average Bonchev–Trinajstić information content (AvgIpc) is 1.99. The average molecular weight is 205 g/mol. The lowest BCUT2D eigenvalue weighted by Gasteiger charge is -2.02. The van der Waals surface area contributed by atoms with Gasteiger partial charge in [-0.05, 0) is 25.7 Å². The molecular formula is C9H17Br. The van der Waals surface area contributed by atoms with Gasteiger partial charge in [-0.2, -0.15) is 0 Å². The summed E-state index contributed by atoms with van der Waals surface area (Å²) in [6, 6.07) is 0. The predicted octanol–water partition coefficient (Wildman–Crippen LogP) is 3.76. The van der Waals surface area contributed by atoms with Crippen LogP contribution < -0.4 is 0 Å². The third kappa shape index (κ3) is 5.04. The highest BCUT2D eigenvalue weighted by Crippen LogP contribution is 2.09. The van der Waals surface area contributed by atoms with E-state index in [0.29, 0.717) is 0 Å². The molecule has 0 aromatic carbocycles. The number of rotatable bonds is 4. The predicted molar refractivity (Wildman–Crippen MR) is 51.6 cm³/mol. The highest BCUT2D eigenvalue weighted by molar-refractivity contribution is 9.09. The molecule has 0 radical (unpaired) electrons. The van der Waals surface area contributed by atoms with E-state index in [1.165, 1.54) is 18.4 Å². The van der Waals surface area contributed by atoms with E-state index < -0.39 is 0 Å². The van der Waals surface area contributed by atoms with Gasteiger partial charge in [-0.1, -0.05) is 41.4 Å². The Morgan fingerprint density at radius 3 is 2.60 bits per heavy atom. The van der Waals surface area contributed by atoms with Crippen LogP contribution >= 0.6 is 15.9 Å². The minimum Gasteiger partial charge on any atom is -0.0925 e. The van der Waals surface area contributed by atoms with Crippen molar-refractivity contribution in [3.8, 4) is 0 Å². The second-order valence-corrected chi connectivity index (χ2v) is 3.55. The van der Waals surface area contributed by atoms with Crippen molar-refractivity contribution in [1.29, 1.82) is 0 Å². The summed E-state index contributed by atoms with van der Waals surface area (Å²) < 4.78 is 0. The zero-order chi connectivity index (χ0) is 7.98. The Hall–Kier alpha value is 0.220. The Morgan fingerprint density at radius 2 is 2.20 bits per heavy atom. The first kappa shape index (κ1) is 10.2. The lowest BCUT2D eigenvalue weighted by Crippen LogP contribution is -1.92. The molecule has 60 valence electrons. The summed E-state index contributed by atoms with van der Waals surface area (Å²) in [5.41, 5.74) is 1.51. The van der Waals surface area contributed by atoms with E-state index in [4.69, 9.17) is 0 Å². The van der Waals surface area contributed by atoms with Crippen molar-refractivity contribution >= 4 is 15.9 Å². The monoisotopic (exact) mass is 204 g/mol. The van der Waals surface area contributed by atoms with Crippen molar-refractivity contribution in [2.24, 2.45) is 5.92 Å². The van der Waals surface area contributed by atoms with Crippen LogP contribution in [0, 0.1) is 5.92 Å². The quantitative estimate of drug-likeness (QED) is 0.484. The first-order valence-corrected chi connectivity index (χ1v) is 5.04. The van der Waals surface area contributed by atoms with Gasteiger partial charge in [0.15, 0.2) is 0 Å². The second kappa shape index (κ2) is 5.96. The molecule has 0 spiro atoms. The Bertz CT molecular complexity index is 105. The second-order valence-electron chi connectivity index (χ2n) is 2.90. The largest absolute Gasteiger partial charge is 0.0925 e. The Morgan fingerprint density at radius 1 is 1.60 bits per heavy atom. The molecule has 0 bridgehead atoms. The zero-order valence-electron chi connectivity index (χ0n) is 7.15. The molecular weight excluding hydrogens is 188 g/mol. The van der Waals surface area contributed by atoms with Crippen molar-refractivity contribution < 1.29 is 0 Å². The van der Waals surface area contributed by atoms with E-state index >= 15 is 0 Å². The van der Waals surface area contributed by atoms with Crippen LogP contribution in [0.3, 0.4) is 0 Å². The summed E-state index contributed by atoms with van der Waals surface area (Å²) in [5.74, 6) is 0.779. The Labute approximate surface area is 72.8 Å². The van der Waals surface area contributed by atoms with Crippen LogP contribution in [0.1, 0.15) is 33.6 Å². The molecule has 0 aromatic heterocycles. The van der Waals surface area contributed by atoms with Gasteiger partial charge in [-0.25, -0.2) is 0 Å². The fraction of sp³-hybridized carbons (Fsp3) is 0.778. The van der Waals surface area contributed by atoms with Crippen molar-refractivity contribution in [3.05, 3.63) is 11.6 Å². The van der Waals surface area contributed by atoms with Gasteiger partial charge in [0.05, 0.1) is 0 Å². The summed E-state index contributed by atoms with van der Waals surface area (Å²) in [4.78, 5) is 0. The molecule has 0 aliphatic heterocycles. The van der Waals surface area contributed by atoms with Crippen molar-refractivity contribution in [3.63, 3.8) is 0 Å². The van der Waals surface area contributed by atoms with E-state index in [1.54, 1.807) is 0 Å². The van der Waals surface area contributed by atoms with Crippen molar-refractivity contribution in [2.75, 3.05) is 5.33 Å². The van der Waals surface area contributed by atoms with Crippen LogP contribution in [0.25, 0.3) is 0 Å². The van der Waals surface area contributed by atoms with Crippen LogP contribution in [0.2, 0.25) is 0 Å². The molecule has 0 heterocycles. The molecule has 1 unspecified atom stereocenters. The lowest BCUT2D eigenvalue weighted by atomic mass is 10.1. The molecule has 0 nitrogen and oxygen atoms in total. The molecule has 0 aliphatic carbocycles. The summed E-state index contributed by atoms with van der Waals surface area (Å²) in [7, 11) is 0. The number of allylic oxidation sites excluding steroid dienone is 2. The number of halogens is 1. The number of hydrogen-bond acceptors (Lipinski definition) is 0. The van der Waals surface area contributed by atoms with Gasteiger partial charge in [-0.15, -0.1) is 0 Å². The number of alkyl halides is 1. The van der Waals surface area contributed by atoms with E-state index in [9.17, 15) is 0 Å². The molecule has 10 heavy (non-hydrogen) atoms. The summed E-state index contributed by atoms with van der Waals surface area (Å²) in [5, 5.41) is 1.11. The van der Waals surface area contributed by atoms with Crippen LogP contribution in [-0.4, -0.2) is 5.33 Å². The topological polar surface area (TPSA) is 0 Å². The molecule has 0 amide bonds. The molecule has 0 aromatic rings. The first-order chi connectivity index (χ1) is 4.70. The molecule has 0 rings (SSSR count). The van der Waals surface area contributed by atoms with Gasteiger partial charge >= 0.3 is 0 Å². The smallest absolute Gasteiger partial charge is 0.00599 e. The van der Waals surface area contributed by atoms with Gasteiger partial charge in [0.2, 0.25) is 0 Å². The van der Waals surface area contributed by atoms with Gasteiger partial charge in [0, 0.05) is 5.33 Å². The molecule has 0 saturated carbocycles. The third-order valence-electron chi connectivity index (χ3n) is 1.69. The normalized spacial score (nSPS) is 15.4. The zero-order valence-corrected chi connectivity index (χ0v) is 8.74. The van der Waals surface area contributed by atoms with Crippen LogP contribution in [-0.2, 0) is 0 Å². The van der Waals surface area contributed by atoms with Crippen LogP contribution in [0.4, 0.5) is 0 Å². The first-order valence-electron chi connectivity index (χ1n) is 3.92. The molecule has 0 N–H and O–H groups in total. The van der Waals surface area contributed by atoms with E-state index in [1.807, 2.05) is 0 Å². The van der Waals surface area contributed by atoms with Gasteiger partial charge in [0.25, 0.3) is 0 Å². The molecule has 0 aliphatic rings.